The lowest BCUT2D eigenvalue weighted by Crippen LogP contribution is -2.30. The van der Waals surface area contributed by atoms with E-state index in [4.69, 9.17) is 4.52 Å². The summed E-state index contributed by atoms with van der Waals surface area (Å²) in [6, 6.07) is 0. The molecule has 140 valence electrons. The molecule has 2 fully saturated rings. The van der Waals surface area contributed by atoms with E-state index in [9.17, 15) is 4.39 Å². The van der Waals surface area contributed by atoms with Crippen LogP contribution in [0.2, 0.25) is 0 Å². The Morgan fingerprint density at radius 3 is 2.54 bits per heavy atom. The highest BCUT2D eigenvalue weighted by atomic mass is 19.1. The zero-order chi connectivity index (χ0) is 18.3. The molecule has 2 aliphatic rings. The molecule has 2 atom stereocenters. The first-order valence-corrected chi connectivity index (χ1v) is 9.34. The molecule has 2 unspecified atom stereocenters. The van der Waals surface area contributed by atoms with E-state index in [0.29, 0.717) is 42.2 Å². The standard InChI is InChI=1S/C18H25FN6O/c1-4-14-16(19)18(21-10-20-14)25-7-12-5-24(6-13(12)8-25)9-15-22-17(11(2)3)23-26-15/h10-13H,4-9H2,1-3H3. The number of rotatable bonds is 5. The second kappa shape index (κ2) is 6.90. The van der Waals surface area contributed by atoms with Crippen molar-refractivity contribution in [3.05, 3.63) is 29.6 Å². The maximum atomic E-state index is 14.5. The van der Waals surface area contributed by atoms with Crippen molar-refractivity contribution in [2.75, 3.05) is 31.1 Å². The Bertz CT molecular complexity index is 765. The first-order valence-electron chi connectivity index (χ1n) is 9.34. The van der Waals surface area contributed by atoms with Crippen molar-refractivity contribution in [2.45, 2.75) is 39.7 Å². The normalized spacial score (nSPS) is 23.2. The summed E-state index contributed by atoms with van der Waals surface area (Å²) in [6.07, 6.45) is 2.05. The summed E-state index contributed by atoms with van der Waals surface area (Å²) in [6.45, 7) is 10.3. The third-order valence-corrected chi connectivity index (χ3v) is 5.40. The van der Waals surface area contributed by atoms with Crippen LogP contribution in [0.25, 0.3) is 0 Å². The van der Waals surface area contributed by atoms with E-state index in [0.717, 1.165) is 32.0 Å². The van der Waals surface area contributed by atoms with E-state index in [1.54, 1.807) is 0 Å². The fraction of sp³-hybridized carbons (Fsp3) is 0.667. The molecule has 4 rings (SSSR count). The maximum Gasteiger partial charge on any atom is 0.240 e. The summed E-state index contributed by atoms with van der Waals surface area (Å²) in [5.74, 6) is 2.94. The lowest BCUT2D eigenvalue weighted by Gasteiger charge is -2.22. The Morgan fingerprint density at radius 2 is 1.92 bits per heavy atom. The topological polar surface area (TPSA) is 71.2 Å². The molecule has 0 amide bonds. The van der Waals surface area contributed by atoms with Gasteiger partial charge in [-0.15, -0.1) is 0 Å². The van der Waals surface area contributed by atoms with Crippen molar-refractivity contribution in [1.82, 2.24) is 25.0 Å². The van der Waals surface area contributed by atoms with E-state index in [1.807, 2.05) is 6.92 Å². The Morgan fingerprint density at radius 1 is 1.19 bits per heavy atom. The summed E-state index contributed by atoms with van der Waals surface area (Å²) in [4.78, 5) is 17.1. The summed E-state index contributed by atoms with van der Waals surface area (Å²) in [7, 11) is 0. The van der Waals surface area contributed by atoms with Crippen molar-refractivity contribution >= 4 is 5.82 Å². The molecule has 8 heteroatoms. The van der Waals surface area contributed by atoms with Crippen LogP contribution in [0, 0.1) is 17.7 Å². The van der Waals surface area contributed by atoms with Crippen LogP contribution in [0.15, 0.2) is 10.9 Å². The van der Waals surface area contributed by atoms with Crippen molar-refractivity contribution in [1.29, 1.82) is 0 Å². The molecule has 4 heterocycles. The number of likely N-dealkylation sites (tertiary alicyclic amines) is 1. The molecule has 0 aliphatic carbocycles. The minimum absolute atomic E-state index is 0.265. The van der Waals surface area contributed by atoms with Gasteiger partial charge < -0.3 is 9.42 Å². The van der Waals surface area contributed by atoms with Gasteiger partial charge >= 0.3 is 0 Å². The Balaban J connectivity index is 1.38. The molecule has 0 N–H and O–H groups in total. The summed E-state index contributed by atoms with van der Waals surface area (Å²) in [5.41, 5.74) is 0.492. The van der Waals surface area contributed by atoms with Gasteiger partial charge in [0.15, 0.2) is 17.5 Å². The smallest absolute Gasteiger partial charge is 0.240 e. The minimum Gasteiger partial charge on any atom is -0.353 e. The van der Waals surface area contributed by atoms with Crippen molar-refractivity contribution in [3.8, 4) is 0 Å². The lowest BCUT2D eigenvalue weighted by molar-refractivity contribution is 0.254. The van der Waals surface area contributed by atoms with Gasteiger partial charge in [-0.1, -0.05) is 25.9 Å². The van der Waals surface area contributed by atoms with E-state index >= 15 is 0 Å². The van der Waals surface area contributed by atoms with Gasteiger partial charge in [0.2, 0.25) is 5.89 Å². The summed E-state index contributed by atoms with van der Waals surface area (Å²) in [5, 5.41) is 4.03. The fourth-order valence-corrected chi connectivity index (χ4v) is 4.01. The number of aromatic nitrogens is 4. The average Bonchev–Trinajstić information content (AvgIpc) is 3.30. The van der Waals surface area contributed by atoms with Crippen LogP contribution in [-0.2, 0) is 13.0 Å². The van der Waals surface area contributed by atoms with E-state index < -0.39 is 0 Å². The second-order valence-electron chi connectivity index (χ2n) is 7.63. The average molecular weight is 360 g/mol. The fourth-order valence-electron chi connectivity index (χ4n) is 4.01. The highest BCUT2D eigenvalue weighted by Crippen LogP contribution is 2.34. The molecule has 0 aromatic carbocycles. The van der Waals surface area contributed by atoms with Gasteiger partial charge in [-0.25, -0.2) is 14.4 Å². The van der Waals surface area contributed by atoms with Crippen molar-refractivity contribution < 1.29 is 8.91 Å². The van der Waals surface area contributed by atoms with Crippen LogP contribution < -0.4 is 4.90 Å². The van der Waals surface area contributed by atoms with Gasteiger partial charge in [-0.3, -0.25) is 4.90 Å². The zero-order valence-electron chi connectivity index (χ0n) is 15.5. The highest BCUT2D eigenvalue weighted by molar-refractivity contribution is 5.43. The van der Waals surface area contributed by atoms with E-state index in [2.05, 4.69) is 43.8 Å². The zero-order valence-corrected chi connectivity index (χ0v) is 15.5. The van der Waals surface area contributed by atoms with Gasteiger partial charge in [0.05, 0.1) is 12.2 Å². The maximum absolute atomic E-state index is 14.5. The molecule has 2 aliphatic heterocycles. The third-order valence-electron chi connectivity index (χ3n) is 5.40. The first kappa shape index (κ1) is 17.3. The first-order chi connectivity index (χ1) is 12.5. The van der Waals surface area contributed by atoms with Crippen LogP contribution in [0.4, 0.5) is 10.2 Å². The molecule has 0 radical (unpaired) electrons. The highest BCUT2D eigenvalue weighted by Gasteiger charge is 2.41. The largest absolute Gasteiger partial charge is 0.353 e. The molecule has 0 bridgehead atoms. The SMILES string of the molecule is CCc1ncnc(N2CC3CN(Cc4nc(C(C)C)no4)CC3C2)c1F. The number of nitrogens with zero attached hydrogens (tertiary/aromatic N) is 6. The van der Waals surface area contributed by atoms with Gasteiger partial charge in [0, 0.05) is 32.1 Å². The number of hydrogen-bond donors (Lipinski definition) is 0. The summed E-state index contributed by atoms with van der Waals surface area (Å²) >= 11 is 0. The van der Waals surface area contributed by atoms with Crippen LogP contribution >= 0.6 is 0 Å². The molecule has 7 nitrogen and oxygen atoms in total. The predicted molar refractivity (Wildman–Crippen MR) is 94.2 cm³/mol. The van der Waals surface area contributed by atoms with Crippen molar-refractivity contribution in [3.63, 3.8) is 0 Å². The van der Waals surface area contributed by atoms with E-state index in [1.165, 1.54) is 6.33 Å². The van der Waals surface area contributed by atoms with Gasteiger partial charge in [-0.2, -0.15) is 4.98 Å². The Labute approximate surface area is 152 Å². The number of anilines is 1. The van der Waals surface area contributed by atoms with E-state index in [-0.39, 0.29) is 11.7 Å². The van der Waals surface area contributed by atoms with Gasteiger partial charge in [-0.05, 0) is 18.3 Å². The van der Waals surface area contributed by atoms with Crippen LogP contribution in [-0.4, -0.2) is 51.2 Å². The molecule has 2 saturated heterocycles. The molecule has 2 aromatic rings. The number of aryl methyl sites for hydroxylation is 1. The van der Waals surface area contributed by atoms with Gasteiger partial charge in [0.1, 0.15) is 6.33 Å². The second-order valence-corrected chi connectivity index (χ2v) is 7.63. The monoisotopic (exact) mass is 360 g/mol. The number of fused-ring (bicyclic) bond motifs is 1. The van der Waals surface area contributed by atoms with Crippen LogP contribution in [0.1, 0.15) is 44.1 Å². The predicted octanol–water partition coefficient (Wildman–Crippen LogP) is 2.25. The van der Waals surface area contributed by atoms with Crippen LogP contribution in [0.5, 0.6) is 0 Å². The van der Waals surface area contributed by atoms with Crippen LogP contribution in [0.3, 0.4) is 0 Å². The minimum atomic E-state index is -0.265. The number of hydrogen-bond acceptors (Lipinski definition) is 7. The Kier molecular flexibility index (Phi) is 4.60. The number of halogens is 1. The molecular formula is C18H25FN6O. The summed E-state index contributed by atoms with van der Waals surface area (Å²) < 4.78 is 19.9. The quantitative estimate of drug-likeness (QED) is 0.810. The van der Waals surface area contributed by atoms with Gasteiger partial charge in [0.25, 0.3) is 0 Å². The molecule has 0 saturated carbocycles. The third kappa shape index (κ3) is 3.18. The molecular weight excluding hydrogens is 335 g/mol. The lowest BCUT2D eigenvalue weighted by atomic mass is 10.0. The molecule has 0 spiro atoms. The Hall–Kier alpha value is -2.09. The molecule has 26 heavy (non-hydrogen) atoms. The van der Waals surface area contributed by atoms with Crippen molar-refractivity contribution in [2.24, 2.45) is 11.8 Å². The molecule has 2 aromatic heterocycles.